The van der Waals surface area contributed by atoms with Gasteiger partial charge in [-0.15, -0.1) is 11.3 Å². The summed E-state index contributed by atoms with van der Waals surface area (Å²) in [4.78, 5) is 20.5. The van der Waals surface area contributed by atoms with E-state index in [-0.39, 0.29) is 16.7 Å². The van der Waals surface area contributed by atoms with Gasteiger partial charge in [0.1, 0.15) is 10.9 Å². The minimum absolute atomic E-state index is 0.146. The molecular weight excluding hydrogens is 347 g/mol. The van der Waals surface area contributed by atoms with E-state index < -0.39 is 5.97 Å². The van der Waals surface area contributed by atoms with Crippen molar-refractivity contribution in [1.29, 1.82) is 0 Å². The van der Waals surface area contributed by atoms with Gasteiger partial charge in [0.15, 0.2) is 10.2 Å². The Balaban J connectivity index is 1.92. The Kier molecular flexibility index (Phi) is 4.15. The molecule has 0 aliphatic carbocycles. The van der Waals surface area contributed by atoms with Gasteiger partial charge in [-0.2, -0.15) is 0 Å². The average molecular weight is 355 g/mol. The third kappa shape index (κ3) is 2.99. The smallest absolute Gasteiger partial charge is 0.363 e. The van der Waals surface area contributed by atoms with E-state index in [9.17, 15) is 4.79 Å². The predicted molar refractivity (Wildman–Crippen MR) is 85.7 cm³/mol. The molecule has 5 nitrogen and oxygen atoms in total. The topological polar surface area (TPSA) is 60.8 Å². The molecular formula is C14H8Cl2N2O3S. The fraction of sp³-hybridized carbons (Fsp3) is 0.0714. The van der Waals surface area contributed by atoms with Crippen molar-refractivity contribution in [2.45, 2.75) is 0 Å². The molecule has 0 saturated carbocycles. The third-order valence-corrected chi connectivity index (χ3v) is 4.32. The highest BCUT2D eigenvalue weighted by Gasteiger charge is 2.25. The predicted octanol–water partition coefficient (Wildman–Crippen LogP) is 3.80. The van der Waals surface area contributed by atoms with Gasteiger partial charge >= 0.3 is 5.97 Å². The second-order valence-electron chi connectivity index (χ2n) is 4.19. The van der Waals surface area contributed by atoms with Gasteiger partial charge in [0.25, 0.3) is 0 Å². The number of cyclic esters (lactones) is 1. The number of ether oxygens (including phenoxy) is 2. The van der Waals surface area contributed by atoms with Crippen LogP contribution in [-0.2, 0) is 9.53 Å². The lowest BCUT2D eigenvalue weighted by Crippen LogP contribution is -2.05. The molecule has 0 bridgehead atoms. The number of benzene rings is 1. The first kappa shape index (κ1) is 15.0. The van der Waals surface area contributed by atoms with Gasteiger partial charge in [-0.25, -0.2) is 14.8 Å². The number of halogens is 2. The van der Waals surface area contributed by atoms with Crippen molar-refractivity contribution in [3.05, 3.63) is 50.0 Å². The molecule has 0 N–H and O–H groups in total. The Morgan fingerprint density at radius 1 is 1.27 bits per heavy atom. The van der Waals surface area contributed by atoms with Crippen LogP contribution in [0.2, 0.25) is 9.62 Å². The molecule has 1 aliphatic heterocycles. The maximum Gasteiger partial charge on any atom is 0.363 e. The number of nitrogens with zero attached hydrogens (tertiary/aromatic N) is 2. The molecule has 3 rings (SSSR count). The number of carbonyl (C=O) groups is 1. The number of rotatable bonds is 3. The van der Waals surface area contributed by atoms with E-state index >= 15 is 0 Å². The molecule has 2 aromatic rings. The maximum atomic E-state index is 11.9. The van der Waals surface area contributed by atoms with Crippen LogP contribution in [-0.4, -0.2) is 24.0 Å². The van der Waals surface area contributed by atoms with Crippen LogP contribution in [0.25, 0.3) is 6.08 Å². The number of hydrogen-bond acceptors (Lipinski definition) is 6. The summed E-state index contributed by atoms with van der Waals surface area (Å²) in [5.41, 5.74) is 0.819. The third-order valence-electron chi connectivity index (χ3n) is 2.81. The molecule has 0 amide bonds. The van der Waals surface area contributed by atoms with Crippen molar-refractivity contribution < 1.29 is 14.3 Å². The molecule has 0 unspecified atom stereocenters. The fourth-order valence-corrected chi connectivity index (χ4v) is 3.07. The number of methoxy groups -OCH3 is 1. The minimum Gasteiger partial charge on any atom is -0.497 e. The number of carbonyl (C=O) groups excluding carboxylic acids is 1. The number of esters is 1. The molecule has 1 aromatic carbocycles. The summed E-state index contributed by atoms with van der Waals surface area (Å²) in [6, 6.07) is 7.02. The minimum atomic E-state index is -0.550. The van der Waals surface area contributed by atoms with Crippen LogP contribution in [0.1, 0.15) is 10.4 Å². The van der Waals surface area contributed by atoms with Crippen molar-refractivity contribution in [3.8, 4) is 5.75 Å². The second-order valence-corrected chi connectivity index (χ2v) is 6.16. The van der Waals surface area contributed by atoms with Crippen LogP contribution in [0.4, 0.5) is 0 Å². The first-order valence-corrected chi connectivity index (χ1v) is 7.63. The molecule has 0 radical (unpaired) electrons. The molecule has 1 aliphatic rings. The molecule has 22 heavy (non-hydrogen) atoms. The Labute approximate surface area is 139 Å². The lowest BCUT2D eigenvalue weighted by atomic mass is 10.2. The van der Waals surface area contributed by atoms with Gasteiger partial charge in [-0.3, -0.25) is 0 Å². The van der Waals surface area contributed by atoms with Crippen LogP contribution < -0.4 is 4.74 Å². The van der Waals surface area contributed by atoms with Crippen molar-refractivity contribution >= 4 is 52.5 Å². The van der Waals surface area contributed by atoms with Gasteiger partial charge in [0.2, 0.25) is 5.90 Å². The summed E-state index contributed by atoms with van der Waals surface area (Å²) in [6.07, 6.45) is 1.50. The molecule has 0 atom stereocenters. The normalized spacial score (nSPS) is 15.9. The van der Waals surface area contributed by atoms with E-state index in [1.54, 1.807) is 31.4 Å². The van der Waals surface area contributed by atoms with Crippen molar-refractivity contribution in [2.75, 3.05) is 7.11 Å². The molecule has 0 spiro atoms. The maximum absolute atomic E-state index is 11.9. The van der Waals surface area contributed by atoms with E-state index in [0.717, 1.165) is 11.3 Å². The highest BCUT2D eigenvalue weighted by Crippen LogP contribution is 2.30. The van der Waals surface area contributed by atoms with Gasteiger partial charge in [0, 0.05) is 5.56 Å². The Morgan fingerprint density at radius 2 is 2.00 bits per heavy atom. The summed E-state index contributed by atoms with van der Waals surface area (Å²) in [5, 5.41) is 0.225. The number of thiazole rings is 1. The summed E-state index contributed by atoms with van der Waals surface area (Å²) in [5.74, 6) is 0.382. The second kappa shape index (κ2) is 6.08. The SMILES string of the molecule is COc1ccc(C2=N/C(=C/c3sc(Cl)nc3Cl)C(=O)O2)cc1. The zero-order valence-corrected chi connectivity index (χ0v) is 13.5. The quantitative estimate of drug-likeness (QED) is 0.621. The van der Waals surface area contributed by atoms with Crippen LogP contribution in [0.3, 0.4) is 0 Å². The highest BCUT2D eigenvalue weighted by atomic mass is 35.5. The van der Waals surface area contributed by atoms with E-state index in [1.807, 2.05) is 0 Å². The Bertz CT molecular complexity index is 797. The molecule has 1 aromatic heterocycles. The summed E-state index contributed by atoms with van der Waals surface area (Å²) < 4.78 is 10.5. The van der Waals surface area contributed by atoms with Crippen LogP contribution in [0, 0.1) is 0 Å². The number of aromatic nitrogens is 1. The van der Waals surface area contributed by atoms with Crippen LogP contribution in [0.15, 0.2) is 35.0 Å². The number of aliphatic imine (C=N–C) groups is 1. The highest BCUT2D eigenvalue weighted by molar-refractivity contribution is 7.17. The van der Waals surface area contributed by atoms with Crippen molar-refractivity contribution in [3.63, 3.8) is 0 Å². The standard InChI is InChI=1S/C14H8Cl2N2O3S/c1-20-8-4-2-7(3-5-8)12-17-9(13(19)21-12)6-10-11(15)18-14(16)22-10/h2-6H,1H3/b9-6+. The average Bonchev–Trinajstić information content (AvgIpc) is 3.02. The van der Waals surface area contributed by atoms with Gasteiger partial charge in [0.05, 0.1) is 12.0 Å². The molecule has 112 valence electrons. The fourth-order valence-electron chi connectivity index (χ4n) is 1.77. The monoisotopic (exact) mass is 354 g/mol. The largest absolute Gasteiger partial charge is 0.497 e. The zero-order chi connectivity index (χ0) is 15.7. The lowest BCUT2D eigenvalue weighted by Gasteiger charge is -2.01. The van der Waals surface area contributed by atoms with E-state index in [4.69, 9.17) is 32.7 Å². The van der Waals surface area contributed by atoms with Crippen LogP contribution >= 0.6 is 34.5 Å². The first-order chi connectivity index (χ1) is 10.6. The Hall–Kier alpha value is -1.89. The van der Waals surface area contributed by atoms with Gasteiger partial charge in [-0.05, 0) is 30.3 Å². The molecule has 8 heteroatoms. The molecule has 0 saturated heterocycles. The van der Waals surface area contributed by atoms with E-state index in [1.165, 1.54) is 6.08 Å². The first-order valence-electron chi connectivity index (χ1n) is 6.05. The van der Waals surface area contributed by atoms with Crippen molar-refractivity contribution in [1.82, 2.24) is 4.98 Å². The van der Waals surface area contributed by atoms with Gasteiger partial charge < -0.3 is 9.47 Å². The summed E-state index contributed by atoms with van der Waals surface area (Å²) in [6.45, 7) is 0. The van der Waals surface area contributed by atoms with Crippen LogP contribution in [0.5, 0.6) is 5.75 Å². The Morgan fingerprint density at radius 3 is 2.59 bits per heavy atom. The molecule has 0 fully saturated rings. The van der Waals surface area contributed by atoms with E-state index in [0.29, 0.717) is 20.7 Å². The summed E-state index contributed by atoms with van der Waals surface area (Å²) >= 11 is 12.8. The number of hydrogen-bond donors (Lipinski definition) is 0. The zero-order valence-electron chi connectivity index (χ0n) is 11.2. The van der Waals surface area contributed by atoms with Crippen molar-refractivity contribution in [2.24, 2.45) is 4.99 Å². The molecule has 2 heterocycles. The van der Waals surface area contributed by atoms with E-state index in [2.05, 4.69) is 9.98 Å². The summed E-state index contributed by atoms with van der Waals surface area (Å²) in [7, 11) is 1.58. The van der Waals surface area contributed by atoms with Gasteiger partial charge in [-0.1, -0.05) is 23.2 Å². The lowest BCUT2D eigenvalue weighted by molar-refractivity contribution is -0.129.